The monoisotopic (exact) mass is 364 g/mol. The average molecular weight is 365 g/mol. The van der Waals surface area contributed by atoms with Crippen LogP contribution in [-0.2, 0) is 12.8 Å². The molecule has 0 nitrogen and oxygen atoms in total. The molecule has 0 aliphatic carbocycles. The van der Waals surface area contributed by atoms with Gasteiger partial charge in [0.1, 0.15) is 0 Å². The summed E-state index contributed by atoms with van der Waals surface area (Å²) in [6.45, 7) is 4.65. The van der Waals surface area contributed by atoms with Crippen molar-refractivity contribution in [1.29, 1.82) is 0 Å². The Morgan fingerprint density at radius 1 is 0.593 bits per heavy atom. The fourth-order valence-electron chi connectivity index (χ4n) is 3.85. The van der Waals surface area contributed by atoms with E-state index in [1.807, 2.05) is 0 Å². The van der Waals surface area contributed by atoms with Crippen molar-refractivity contribution in [3.05, 3.63) is 71.3 Å². The fraction of sp³-hybridized carbons (Fsp3) is 0.556. The zero-order valence-electron chi connectivity index (χ0n) is 17.8. The SMILES string of the molecule is CCCCCCCCCCCc1ccc(C(C)CCc2ccccc2)cc1. The van der Waals surface area contributed by atoms with E-state index in [1.165, 1.54) is 93.7 Å². The largest absolute Gasteiger partial charge is 0.0654 e. The van der Waals surface area contributed by atoms with Crippen LogP contribution in [0.1, 0.15) is 101 Å². The van der Waals surface area contributed by atoms with Crippen LogP contribution >= 0.6 is 0 Å². The molecule has 0 aliphatic heterocycles. The molecule has 148 valence electrons. The van der Waals surface area contributed by atoms with E-state index in [9.17, 15) is 0 Å². The molecule has 0 aromatic heterocycles. The third kappa shape index (κ3) is 9.27. The third-order valence-electron chi connectivity index (χ3n) is 5.83. The van der Waals surface area contributed by atoms with E-state index in [-0.39, 0.29) is 0 Å². The van der Waals surface area contributed by atoms with Gasteiger partial charge < -0.3 is 0 Å². The second-order valence-corrected chi connectivity index (χ2v) is 8.25. The Labute approximate surface area is 168 Å². The molecule has 1 unspecified atom stereocenters. The molecule has 0 radical (unpaired) electrons. The minimum absolute atomic E-state index is 0.631. The van der Waals surface area contributed by atoms with Crippen LogP contribution in [-0.4, -0.2) is 0 Å². The van der Waals surface area contributed by atoms with Gasteiger partial charge in [0.2, 0.25) is 0 Å². The first-order valence-corrected chi connectivity index (χ1v) is 11.4. The molecule has 0 aliphatic rings. The van der Waals surface area contributed by atoms with Crippen LogP contribution in [0.25, 0.3) is 0 Å². The summed E-state index contributed by atoms with van der Waals surface area (Å²) in [5.74, 6) is 0.631. The van der Waals surface area contributed by atoms with Crippen molar-refractivity contribution in [2.45, 2.75) is 96.8 Å². The minimum atomic E-state index is 0.631. The molecule has 0 bridgehead atoms. The highest BCUT2D eigenvalue weighted by Gasteiger charge is 2.06. The topological polar surface area (TPSA) is 0 Å². The number of rotatable bonds is 14. The lowest BCUT2D eigenvalue weighted by molar-refractivity contribution is 0.565. The number of benzene rings is 2. The maximum absolute atomic E-state index is 2.36. The smallest absolute Gasteiger partial charge is 0.0187 e. The van der Waals surface area contributed by atoms with Gasteiger partial charge >= 0.3 is 0 Å². The van der Waals surface area contributed by atoms with Crippen molar-refractivity contribution in [1.82, 2.24) is 0 Å². The summed E-state index contributed by atoms with van der Waals surface area (Å²) < 4.78 is 0. The van der Waals surface area contributed by atoms with E-state index in [1.54, 1.807) is 0 Å². The van der Waals surface area contributed by atoms with E-state index in [0.717, 1.165) is 0 Å². The van der Waals surface area contributed by atoms with Gasteiger partial charge in [-0.25, -0.2) is 0 Å². The van der Waals surface area contributed by atoms with Gasteiger partial charge in [0, 0.05) is 0 Å². The minimum Gasteiger partial charge on any atom is -0.0654 e. The van der Waals surface area contributed by atoms with Gasteiger partial charge in [-0.15, -0.1) is 0 Å². The van der Waals surface area contributed by atoms with Gasteiger partial charge in [-0.3, -0.25) is 0 Å². The lowest BCUT2D eigenvalue weighted by atomic mass is 9.93. The first kappa shape index (κ1) is 21.7. The Kier molecular flexibility index (Phi) is 10.9. The second-order valence-electron chi connectivity index (χ2n) is 8.25. The van der Waals surface area contributed by atoms with Crippen molar-refractivity contribution >= 4 is 0 Å². The van der Waals surface area contributed by atoms with Crippen molar-refractivity contribution < 1.29 is 0 Å². The van der Waals surface area contributed by atoms with Crippen LogP contribution in [0.3, 0.4) is 0 Å². The summed E-state index contributed by atoms with van der Waals surface area (Å²) in [6, 6.07) is 20.3. The number of hydrogen-bond acceptors (Lipinski definition) is 0. The Morgan fingerprint density at radius 2 is 1.15 bits per heavy atom. The summed E-state index contributed by atoms with van der Waals surface area (Å²) in [5.41, 5.74) is 4.45. The standard InChI is InChI=1S/C27H40/c1-3-4-5-6-7-8-9-10-12-17-26-20-22-27(23-21-26)24(2)18-19-25-15-13-11-14-16-25/h11,13-16,20-24H,3-10,12,17-19H2,1-2H3. The van der Waals surface area contributed by atoms with Gasteiger partial charge in [-0.05, 0) is 48.3 Å². The first-order chi connectivity index (χ1) is 13.3. The quantitative estimate of drug-likeness (QED) is 0.295. The predicted molar refractivity (Wildman–Crippen MR) is 121 cm³/mol. The molecular weight excluding hydrogens is 324 g/mol. The van der Waals surface area contributed by atoms with Crippen LogP contribution in [0.15, 0.2) is 54.6 Å². The van der Waals surface area contributed by atoms with E-state index in [2.05, 4.69) is 68.4 Å². The van der Waals surface area contributed by atoms with Gasteiger partial charge in [-0.2, -0.15) is 0 Å². The molecule has 0 heteroatoms. The summed E-state index contributed by atoms with van der Waals surface area (Å²) in [7, 11) is 0. The molecule has 0 spiro atoms. The molecule has 2 rings (SSSR count). The third-order valence-corrected chi connectivity index (χ3v) is 5.83. The normalized spacial score (nSPS) is 12.2. The van der Waals surface area contributed by atoms with E-state index < -0.39 is 0 Å². The van der Waals surface area contributed by atoms with Crippen molar-refractivity contribution in [3.63, 3.8) is 0 Å². The number of hydrogen-bond donors (Lipinski definition) is 0. The molecule has 0 N–H and O–H groups in total. The molecule has 0 fully saturated rings. The van der Waals surface area contributed by atoms with Crippen LogP contribution in [0.4, 0.5) is 0 Å². The first-order valence-electron chi connectivity index (χ1n) is 11.4. The highest BCUT2D eigenvalue weighted by atomic mass is 14.1. The molecule has 0 saturated carbocycles. The average Bonchev–Trinajstić information content (AvgIpc) is 2.72. The molecule has 0 heterocycles. The lowest BCUT2D eigenvalue weighted by Gasteiger charge is -2.13. The molecule has 2 aromatic rings. The zero-order valence-corrected chi connectivity index (χ0v) is 17.8. The summed E-state index contributed by atoms with van der Waals surface area (Å²) >= 11 is 0. The van der Waals surface area contributed by atoms with Gasteiger partial charge in [0.25, 0.3) is 0 Å². The van der Waals surface area contributed by atoms with E-state index in [0.29, 0.717) is 5.92 Å². The Morgan fingerprint density at radius 3 is 1.78 bits per heavy atom. The van der Waals surface area contributed by atoms with Crippen LogP contribution in [0, 0.1) is 0 Å². The maximum Gasteiger partial charge on any atom is -0.0187 e. The number of unbranched alkanes of at least 4 members (excludes halogenated alkanes) is 8. The molecule has 0 amide bonds. The molecular formula is C27H40. The van der Waals surface area contributed by atoms with E-state index in [4.69, 9.17) is 0 Å². The molecule has 2 aromatic carbocycles. The maximum atomic E-state index is 2.36. The fourth-order valence-corrected chi connectivity index (χ4v) is 3.85. The Balaban J connectivity index is 1.59. The predicted octanol–water partition coefficient (Wildman–Crippen LogP) is 8.50. The van der Waals surface area contributed by atoms with Crippen LogP contribution < -0.4 is 0 Å². The Hall–Kier alpha value is -1.56. The van der Waals surface area contributed by atoms with E-state index >= 15 is 0 Å². The molecule has 1 atom stereocenters. The second kappa shape index (κ2) is 13.6. The van der Waals surface area contributed by atoms with Crippen molar-refractivity contribution in [2.75, 3.05) is 0 Å². The number of aryl methyl sites for hydroxylation is 2. The van der Waals surface area contributed by atoms with Crippen molar-refractivity contribution in [2.24, 2.45) is 0 Å². The highest BCUT2D eigenvalue weighted by molar-refractivity contribution is 5.25. The van der Waals surface area contributed by atoms with Gasteiger partial charge in [-0.1, -0.05) is 120 Å². The van der Waals surface area contributed by atoms with Gasteiger partial charge in [0.15, 0.2) is 0 Å². The van der Waals surface area contributed by atoms with Crippen LogP contribution in [0.2, 0.25) is 0 Å². The highest BCUT2D eigenvalue weighted by Crippen LogP contribution is 2.22. The van der Waals surface area contributed by atoms with Crippen LogP contribution in [0.5, 0.6) is 0 Å². The Bertz CT molecular complexity index is 581. The van der Waals surface area contributed by atoms with Gasteiger partial charge in [0.05, 0.1) is 0 Å². The zero-order chi connectivity index (χ0) is 19.2. The summed E-state index contributed by atoms with van der Waals surface area (Å²) in [4.78, 5) is 0. The lowest BCUT2D eigenvalue weighted by Crippen LogP contribution is -1.97. The molecule has 27 heavy (non-hydrogen) atoms. The van der Waals surface area contributed by atoms with Crippen molar-refractivity contribution in [3.8, 4) is 0 Å². The summed E-state index contributed by atoms with van der Waals surface area (Å²) in [6.07, 6.45) is 16.3. The molecule has 0 saturated heterocycles. The summed E-state index contributed by atoms with van der Waals surface area (Å²) in [5, 5.41) is 0.